The SMILES string of the molecule is CNC(=O)[C@H](Cc1ccccc1)NC(=O)[C@@H](CC(=O)NO)CC(C)(C)COC. The van der Waals surface area contributed by atoms with Crippen molar-refractivity contribution in [3.8, 4) is 0 Å². The number of benzene rings is 1. The third-order valence-corrected chi connectivity index (χ3v) is 4.42. The van der Waals surface area contributed by atoms with Gasteiger partial charge < -0.3 is 15.4 Å². The molecule has 0 aliphatic carbocycles. The van der Waals surface area contributed by atoms with Crippen molar-refractivity contribution in [1.29, 1.82) is 0 Å². The summed E-state index contributed by atoms with van der Waals surface area (Å²) in [6.45, 7) is 4.25. The number of amides is 3. The zero-order valence-corrected chi connectivity index (χ0v) is 17.0. The number of carbonyl (C=O) groups excluding carboxylic acids is 3. The molecule has 3 amide bonds. The summed E-state index contributed by atoms with van der Waals surface area (Å²) in [7, 11) is 3.07. The molecule has 0 radical (unpaired) electrons. The Hall–Kier alpha value is -2.45. The molecule has 0 saturated heterocycles. The second-order valence-electron chi connectivity index (χ2n) is 7.60. The van der Waals surface area contributed by atoms with Gasteiger partial charge in [-0.2, -0.15) is 0 Å². The first-order valence-electron chi connectivity index (χ1n) is 9.20. The van der Waals surface area contributed by atoms with E-state index in [2.05, 4.69) is 10.6 Å². The molecule has 0 aliphatic rings. The zero-order valence-electron chi connectivity index (χ0n) is 17.0. The van der Waals surface area contributed by atoms with Gasteiger partial charge >= 0.3 is 0 Å². The van der Waals surface area contributed by atoms with Gasteiger partial charge in [-0.3, -0.25) is 19.6 Å². The van der Waals surface area contributed by atoms with E-state index >= 15 is 0 Å². The van der Waals surface area contributed by atoms with Gasteiger partial charge in [0, 0.05) is 32.9 Å². The fourth-order valence-corrected chi connectivity index (χ4v) is 3.17. The van der Waals surface area contributed by atoms with Crippen LogP contribution >= 0.6 is 0 Å². The number of hydrogen-bond donors (Lipinski definition) is 4. The number of carbonyl (C=O) groups is 3. The Morgan fingerprint density at radius 2 is 1.79 bits per heavy atom. The van der Waals surface area contributed by atoms with Crippen molar-refractivity contribution in [2.24, 2.45) is 11.3 Å². The minimum absolute atomic E-state index is 0.193. The maximum Gasteiger partial charge on any atom is 0.244 e. The van der Waals surface area contributed by atoms with Crippen molar-refractivity contribution < 1.29 is 24.3 Å². The fraction of sp³-hybridized carbons (Fsp3) is 0.550. The van der Waals surface area contributed by atoms with Crippen LogP contribution in [-0.4, -0.2) is 49.7 Å². The summed E-state index contributed by atoms with van der Waals surface area (Å²) in [6.07, 6.45) is 0.486. The standard InChI is InChI=1S/C20H31N3O5/c1-20(2,13-28-4)12-15(11-17(24)23-27)18(25)22-16(19(26)21-3)10-14-8-6-5-7-9-14/h5-9,15-16,27H,10-13H2,1-4H3,(H,21,26)(H,22,25)(H,23,24)/t15-,16-/m0/s1. The van der Waals surface area contributed by atoms with Crippen LogP contribution in [0.2, 0.25) is 0 Å². The number of hydrogen-bond acceptors (Lipinski definition) is 5. The number of hydroxylamine groups is 1. The molecule has 156 valence electrons. The van der Waals surface area contributed by atoms with Crippen LogP contribution in [0.3, 0.4) is 0 Å². The van der Waals surface area contributed by atoms with Gasteiger partial charge in [0.2, 0.25) is 17.7 Å². The van der Waals surface area contributed by atoms with Gasteiger partial charge in [0.1, 0.15) is 6.04 Å². The van der Waals surface area contributed by atoms with Crippen molar-refractivity contribution in [2.75, 3.05) is 20.8 Å². The fourth-order valence-electron chi connectivity index (χ4n) is 3.17. The van der Waals surface area contributed by atoms with Gasteiger partial charge in [0.15, 0.2) is 0 Å². The Morgan fingerprint density at radius 3 is 2.32 bits per heavy atom. The van der Waals surface area contributed by atoms with Crippen molar-refractivity contribution in [2.45, 2.75) is 39.2 Å². The molecule has 8 heteroatoms. The average molecular weight is 393 g/mol. The van der Waals surface area contributed by atoms with E-state index < -0.39 is 23.8 Å². The lowest BCUT2D eigenvalue weighted by Crippen LogP contribution is -2.49. The van der Waals surface area contributed by atoms with Crippen LogP contribution in [0.5, 0.6) is 0 Å². The Bertz CT molecular complexity index is 649. The van der Waals surface area contributed by atoms with Crippen molar-refractivity contribution in [3.05, 3.63) is 35.9 Å². The molecular weight excluding hydrogens is 362 g/mol. The van der Waals surface area contributed by atoms with Gasteiger partial charge in [-0.05, 0) is 17.4 Å². The van der Waals surface area contributed by atoms with E-state index in [9.17, 15) is 14.4 Å². The second kappa shape index (κ2) is 11.4. The van der Waals surface area contributed by atoms with Crippen LogP contribution in [0.1, 0.15) is 32.3 Å². The Morgan fingerprint density at radius 1 is 1.14 bits per heavy atom. The number of methoxy groups -OCH3 is 1. The first-order chi connectivity index (χ1) is 13.2. The van der Waals surface area contributed by atoms with Crippen LogP contribution < -0.4 is 16.1 Å². The molecule has 0 unspecified atom stereocenters. The van der Waals surface area contributed by atoms with Crippen LogP contribution in [-0.2, 0) is 25.5 Å². The summed E-state index contributed by atoms with van der Waals surface area (Å²) in [5.41, 5.74) is 2.10. The first-order valence-corrected chi connectivity index (χ1v) is 9.20. The summed E-state index contributed by atoms with van der Waals surface area (Å²) in [5.74, 6) is -2.12. The van der Waals surface area contributed by atoms with Gasteiger partial charge in [0.25, 0.3) is 0 Å². The molecule has 1 aromatic rings. The molecule has 28 heavy (non-hydrogen) atoms. The summed E-state index contributed by atoms with van der Waals surface area (Å²) >= 11 is 0. The van der Waals surface area contributed by atoms with E-state index in [1.807, 2.05) is 44.2 Å². The average Bonchev–Trinajstić information content (AvgIpc) is 2.66. The molecule has 0 fully saturated rings. The van der Waals surface area contributed by atoms with Gasteiger partial charge in [-0.15, -0.1) is 0 Å². The predicted molar refractivity (Wildman–Crippen MR) is 104 cm³/mol. The number of rotatable bonds is 11. The van der Waals surface area contributed by atoms with Crippen LogP contribution in [0.4, 0.5) is 0 Å². The molecule has 0 aromatic heterocycles. The highest BCUT2D eigenvalue weighted by molar-refractivity contribution is 5.90. The molecule has 1 aromatic carbocycles. The van der Waals surface area contributed by atoms with Crippen molar-refractivity contribution >= 4 is 17.7 Å². The molecule has 2 atom stereocenters. The molecular formula is C20H31N3O5. The molecule has 8 nitrogen and oxygen atoms in total. The first kappa shape index (κ1) is 23.6. The quantitative estimate of drug-likeness (QED) is 0.331. The normalized spacial score (nSPS) is 13.3. The summed E-state index contributed by atoms with van der Waals surface area (Å²) < 4.78 is 5.19. The highest BCUT2D eigenvalue weighted by atomic mass is 16.5. The number of nitrogens with one attached hydrogen (secondary N) is 3. The lowest BCUT2D eigenvalue weighted by atomic mass is 9.81. The third-order valence-electron chi connectivity index (χ3n) is 4.42. The minimum atomic E-state index is -0.773. The van der Waals surface area contributed by atoms with E-state index in [4.69, 9.17) is 9.94 Å². The molecule has 1 rings (SSSR count). The van der Waals surface area contributed by atoms with Crippen molar-refractivity contribution in [3.63, 3.8) is 0 Å². The van der Waals surface area contributed by atoms with Gasteiger partial charge in [-0.1, -0.05) is 44.2 Å². The lowest BCUT2D eigenvalue weighted by Gasteiger charge is -2.29. The predicted octanol–water partition coefficient (Wildman–Crippen LogP) is 1.03. The highest BCUT2D eigenvalue weighted by Gasteiger charge is 2.32. The Kier molecular flexibility index (Phi) is 9.61. The number of likely N-dealkylation sites (N-methyl/N-ethyl adjacent to an activating group) is 1. The Balaban J connectivity index is 2.96. The van der Waals surface area contributed by atoms with Crippen LogP contribution in [0.15, 0.2) is 30.3 Å². The van der Waals surface area contributed by atoms with E-state index in [1.165, 1.54) is 7.05 Å². The zero-order chi connectivity index (χ0) is 21.2. The van der Waals surface area contributed by atoms with Crippen LogP contribution in [0.25, 0.3) is 0 Å². The van der Waals surface area contributed by atoms with E-state index in [0.29, 0.717) is 19.4 Å². The molecule has 4 N–H and O–H groups in total. The van der Waals surface area contributed by atoms with E-state index in [1.54, 1.807) is 12.6 Å². The van der Waals surface area contributed by atoms with Crippen LogP contribution in [0, 0.1) is 11.3 Å². The lowest BCUT2D eigenvalue weighted by molar-refractivity contribution is -0.137. The Labute approximate surface area is 166 Å². The molecule has 0 heterocycles. The second-order valence-corrected chi connectivity index (χ2v) is 7.60. The number of ether oxygens (including phenoxy) is 1. The van der Waals surface area contributed by atoms with Gasteiger partial charge in [-0.25, -0.2) is 5.48 Å². The highest BCUT2D eigenvalue weighted by Crippen LogP contribution is 2.28. The molecule has 0 aliphatic heterocycles. The molecule has 0 spiro atoms. The maximum absolute atomic E-state index is 12.9. The monoisotopic (exact) mass is 393 g/mol. The largest absolute Gasteiger partial charge is 0.384 e. The topological polar surface area (TPSA) is 117 Å². The smallest absolute Gasteiger partial charge is 0.244 e. The minimum Gasteiger partial charge on any atom is -0.384 e. The van der Waals surface area contributed by atoms with E-state index in [-0.39, 0.29) is 17.7 Å². The summed E-state index contributed by atoms with van der Waals surface area (Å²) in [6, 6.07) is 8.57. The van der Waals surface area contributed by atoms with Gasteiger partial charge in [0.05, 0.1) is 6.61 Å². The van der Waals surface area contributed by atoms with E-state index in [0.717, 1.165) is 5.56 Å². The molecule has 0 saturated carbocycles. The van der Waals surface area contributed by atoms with Crippen molar-refractivity contribution in [1.82, 2.24) is 16.1 Å². The third kappa shape index (κ3) is 8.06. The molecule has 0 bridgehead atoms. The maximum atomic E-state index is 12.9. The summed E-state index contributed by atoms with van der Waals surface area (Å²) in [5, 5.41) is 14.2. The summed E-state index contributed by atoms with van der Waals surface area (Å²) in [4.78, 5) is 36.9.